The van der Waals surface area contributed by atoms with Gasteiger partial charge in [0.1, 0.15) is 5.75 Å². The molecular formula is C9H7F3O2. The van der Waals surface area contributed by atoms with E-state index in [9.17, 15) is 18.0 Å². The number of hydrogen-bond donors (Lipinski definition) is 0. The topological polar surface area (TPSA) is 26.3 Å². The van der Waals surface area contributed by atoms with E-state index in [4.69, 9.17) is 0 Å². The van der Waals surface area contributed by atoms with Gasteiger partial charge in [-0.1, -0.05) is 6.07 Å². The molecule has 0 amide bonds. The van der Waals surface area contributed by atoms with Gasteiger partial charge in [0.05, 0.1) is 5.56 Å². The number of benzene rings is 1. The van der Waals surface area contributed by atoms with Crippen molar-refractivity contribution in [2.45, 2.75) is 13.1 Å². The molecule has 14 heavy (non-hydrogen) atoms. The Morgan fingerprint density at radius 2 is 2.00 bits per heavy atom. The van der Waals surface area contributed by atoms with Crippen LogP contribution in [0.4, 0.5) is 13.2 Å². The fraction of sp³-hybridized carbons (Fsp3) is 0.222. The van der Waals surface area contributed by atoms with Crippen LogP contribution in [0.25, 0.3) is 0 Å². The molecule has 1 rings (SSSR count). The molecule has 0 spiro atoms. The van der Waals surface area contributed by atoms with Gasteiger partial charge < -0.3 is 4.74 Å². The van der Waals surface area contributed by atoms with Crippen molar-refractivity contribution in [3.63, 3.8) is 0 Å². The zero-order valence-electron chi connectivity index (χ0n) is 7.26. The van der Waals surface area contributed by atoms with Gasteiger partial charge in [-0.2, -0.15) is 13.2 Å². The van der Waals surface area contributed by atoms with Crippen LogP contribution in [-0.2, 0) is 11.0 Å². The van der Waals surface area contributed by atoms with E-state index in [1.54, 1.807) is 0 Å². The molecule has 0 aromatic heterocycles. The fourth-order valence-corrected chi connectivity index (χ4v) is 1.04. The van der Waals surface area contributed by atoms with Crippen LogP contribution in [0, 0.1) is 6.92 Å². The highest BCUT2D eigenvalue weighted by atomic mass is 19.4. The molecule has 0 bridgehead atoms. The summed E-state index contributed by atoms with van der Waals surface area (Å²) in [6.45, 7) is 1.43. The first kappa shape index (κ1) is 10.6. The molecule has 0 radical (unpaired) electrons. The van der Waals surface area contributed by atoms with E-state index in [1.165, 1.54) is 19.1 Å². The maximum Gasteiger partial charge on any atom is 0.416 e. The molecule has 0 atom stereocenters. The number of alkyl halides is 3. The Labute approximate surface area is 78.3 Å². The van der Waals surface area contributed by atoms with E-state index in [0.29, 0.717) is 0 Å². The van der Waals surface area contributed by atoms with Crippen molar-refractivity contribution in [2.24, 2.45) is 0 Å². The molecule has 0 aliphatic heterocycles. The summed E-state index contributed by atoms with van der Waals surface area (Å²) >= 11 is 0. The lowest BCUT2D eigenvalue weighted by Gasteiger charge is -2.10. The third kappa shape index (κ3) is 2.25. The van der Waals surface area contributed by atoms with Crippen LogP contribution in [0.1, 0.15) is 11.1 Å². The molecule has 0 saturated carbocycles. The minimum absolute atomic E-state index is 0.0881. The van der Waals surface area contributed by atoms with Crippen LogP contribution in [0.5, 0.6) is 5.75 Å². The van der Waals surface area contributed by atoms with Crippen molar-refractivity contribution in [2.75, 3.05) is 0 Å². The molecule has 1 aromatic rings. The van der Waals surface area contributed by atoms with Gasteiger partial charge >= 0.3 is 6.18 Å². The standard InChI is InChI=1S/C9H7F3O2/c1-6-2-3-7(14-5-13)4-8(6)9(10,11)12/h2-5H,1H3. The minimum Gasteiger partial charge on any atom is -0.429 e. The van der Waals surface area contributed by atoms with Crippen LogP contribution in [0.3, 0.4) is 0 Å². The maximum absolute atomic E-state index is 12.3. The first-order valence-corrected chi connectivity index (χ1v) is 3.73. The Morgan fingerprint density at radius 3 is 2.50 bits per heavy atom. The normalized spacial score (nSPS) is 11.1. The molecule has 0 unspecified atom stereocenters. The number of rotatable bonds is 2. The van der Waals surface area contributed by atoms with Gasteiger partial charge in [-0.05, 0) is 24.6 Å². The van der Waals surface area contributed by atoms with E-state index in [2.05, 4.69) is 4.74 Å². The van der Waals surface area contributed by atoms with Crippen molar-refractivity contribution in [3.05, 3.63) is 29.3 Å². The number of ether oxygens (including phenoxy) is 1. The summed E-state index contributed by atoms with van der Waals surface area (Å²) in [5.74, 6) is -0.113. The second-order valence-electron chi connectivity index (χ2n) is 2.69. The molecule has 76 valence electrons. The quantitative estimate of drug-likeness (QED) is 0.692. The average Bonchev–Trinajstić information content (AvgIpc) is 2.07. The third-order valence-corrected chi connectivity index (χ3v) is 1.70. The van der Waals surface area contributed by atoms with Crippen molar-refractivity contribution in [1.82, 2.24) is 0 Å². The molecule has 0 N–H and O–H groups in total. The van der Waals surface area contributed by atoms with Crippen LogP contribution in [0.15, 0.2) is 18.2 Å². The molecule has 0 saturated heterocycles. The monoisotopic (exact) mass is 204 g/mol. The number of carbonyl (C=O) groups is 1. The summed E-state index contributed by atoms with van der Waals surface area (Å²) in [5.41, 5.74) is -0.701. The van der Waals surface area contributed by atoms with E-state index in [-0.39, 0.29) is 17.8 Å². The van der Waals surface area contributed by atoms with E-state index in [0.717, 1.165) is 6.07 Å². The van der Waals surface area contributed by atoms with Crippen LogP contribution in [-0.4, -0.2) is 6.47 Å². The molecule has 0 fully saturated rings. The lowest BCUT2D eigenvalue weighted by Crippen LogP contribution is -2.07. The SMILES string of the molecule is Cc1ccc(OC=O)cc1C(F)(F)F. The van der Waals surface area contributed by atoms with Crippen molar-refractivity contribution >= 4 is 6.47 Å². The molecule has 2 nitrogen and oxygen atoms in total. The van der Waals surface area contributed by atoms with Gasteiger partial charge in [0.15, 0.2) is 0 Å². The highest BCUT2D eigenvalue weighted by Crippen LogP contribution is 2.33. The Morgan fingerprint density at radius 1 is 1.36 bits per heavy atom. The fourth-order valence-electron chi connectivity index (χ4n) is 1.04. The highest BCUT2D eigenvalue weighted by molar-refractivity contribution is 5.47. The number of halogens is 3. The molecule has 5 heteroatoms. The number of aryl methyl sites for hydroxylation is 1. The molecule has 0 aliphatic rings. The molecule has 1 aromatic carbocycles. The first-order valence-electron chi connectivity index (χ1n) is 3.73. The lowest BCUT2D eigenvalue weighted by atomic mass is 10.1. The van der Waals surface area contributed by atoms with Gasteiger partial charge in [-0.25, -0.2) is 0 Å². The Kier molecular flexibility index (Phi) is 2.78. The third-order valence-electron chi connectivity index (χ3n) is 1.70. The van der Waals surface area contributed by atoms with Crippen LogP contribution < -0.4 is 4.74 Å². The highest BCUT2D eigenvalue weighted by Gasteiger charge is 2.32. The zero-order valence-corrected chi connectivity index (χ0v) is 7.26. The summed E-state index contributed by atoms with van der Waals surface area (Å²) < 4.78 is 41.3. The summed E-state index contributed by atoms with van der Waals surface area (Å²) in [7, 11) is 0. The van der Waals surface area contributed by atoms with Gasteiger partial charge in [0.25, 0.3) is 6.47 Å². The second-order valence-corrected chi connectivity index (χ2v) is 2.69. The first-order chi connectivity index (χ1) is 6.45. The van der Waals surface area contributed by atoms with Gasteiger partial charge in [0, 0.05) is 0 Å². The van der Waals surface area contributed by atoms with Gasteiger partial charge in [-0.15, -0.1) is 0 Å². The largest absolute Gasteiger partial charge is 0.429 e. The second kappa shape index (κ2) is 3.69. The lowest BCUT2D eigenvalue weighted by molar-refractivity contribution is -0.138. The Bertz CT molecular complexity index is 344. The van der Waals surface area contributed by atoms with Crippen molar-refractivity contribution < 1.29 is 22.7 Å². The summed E-state index contributed by atoms with van der Waals surface area (Å²) in [4.78, 5) is 9.92. The Hall–Kier alpha value is -1.52. The predicted octanol–water partition coefficient (Wildman–Crippen LogP) is 2.55. The Balaban J connectivity index is 3.15. The van der Waals surface area contributed by atoms with E-state index >= 15 is 0 Å². The van der Waals surface area contributed by atoms with E-state index < -0.39 is 11.7 Å². The summed E-state index contributed by atoms with van der Waals surface area (Å²) in [6, 6.07) is 3.35. The summed E-state index contributed by atoms with van der Waals surface area (Å²) in [6.07, 6.45) is -4.42. The van der Waals surface area contributed by atoms with Gasteiger partial charge in [-0.3, -0.25) is 4.79 Å². The molecule has 0 aliphatic carbocycles. The van der Waals surface area contributed by atoms with Crippen molar-refractivity contribution in [1.29, 1.82) is 0 Å². The van der Waals surface area contributed by atoms with Crippen molar-refractivity contribution in [3.8, 4) is 5.75 Å². The molecular weight excluding hydrogens is 197 g/mol. The minimum atomic E-state index is -4.42. The van der Waals surface area contributed by atoms with E-state index in [1.807, 2.05) is 0 Å². The van der Waals surface area contributed by atoms with Crippen LogP contribution >= 0.6 is 0 Å². The number of hydrogen-bond acceptors (Lipinski definition) is 2. The van der Waals surface area contributed by atoms with Gasteiger partial charge in [0.2, 0.25) is 0 Å². The number of carbonyl (C=O) groups excluding carboxylic acids is 1. The summed E-state index contributed by atoms with van der Waals surface area (Å²) in [5, 5.41) is 0. The predicted molar refractivity (Wildman–Crippen MR) is 42.9 cm³/mol. The smallest absolute Gasteiger partial charge is 0.416 e. The molecule has 0 heterocycles. The average molecular weight is 204 g/mol. The maximum atomic E-state index is 12.3. The van der Waals surface area contributed by atoms with Crippen LogP contribution in [0.2, 0.25) is 0 Å². The zero-order chi connectivity index (χ0) is 10.8.